The van der Waals surface area contributed by atoms with Crippen LogP contribution in [0.5, 0.6) is 11.5 Å². The van der Waals surface area contributed by atoms with Crippen molar-refractivity contribution in [1.29, 1.82) is 0 Å². The highest BCUT2D eigenvalue weighted by molar-refractivity contribution is 6.31. The highest BCUT2D eigenvalue weighted by atomic mass is 35.5. The standard InChI is InChI=1S/C28H17Cl3N2O5/c29-21-8-1-17(2-9-21)26(34)33-32-16-20-7-14-24(37-27(35)18-3-10-22(30)11-4-18)15-25(20)38-28(36)19-5-12-23(31)13-6-19/h1-16H,(H,33,34). The normalized spacial score (nSPS) is 10.7. The number of esters is 2. The van der Waals surface area contributed by atoms with Crippen LogP contribution in [0.15, 0.2) is 96.1 Å². The molecule has 0 aliphatic rings. The van der Waals surface area contributed by atoms with Gasteiger partial charge in [0.15, 0.2) is 0 Å². The van der Waals surface area contributed by atoms with Gasteiger partial charge >= 0.3 is 11.9 Å². The lowest BCUT2D eigenvalue weighted by Gasteiger charge is -2.11. The molecule has 38 heavy (non-hydrogen) atoms. The number of carbonyl (C=O) groups is 3. The number of carbonyl (C=O) groups excluding carboxylic acids is 3. The van der Waals surface area contributed by atoms with Gasteiger partial charge in [0.25, 0.3) is 5.91 Å². The van der Waals surface area contributed by atoms with Crippen LogP contribution >= 0.6 is 34.8 Å². The molecule has 0 atom stereocenters. The molecule has 0 fully saturated rings. The van der Waals surface area contributed by atoms with Gasteiger partial charge in [-0.15, -0.1) is 0 Å². The molecule has 190 valence electrons. The van der Waals surface area contributed by atoms with E-state index in [1.54, 1.807) is 48.5 Å². The van der Waals surface area contributed by atoms with E-state index in [-0.39, 0.29) is 22.6 Å². The second-order valence-electron chi connectivity index (χ2n) is 7.70. The number of hydrazone groups is 1. The lowest BCUT2D eigenvalue weighted by molar-refractivity contribution is 0.0732. The molecule has 0 spiro atoms. The van der Waals surface area contributed by atoms with Gasteiger partial charge in [-0.1, -0.05) is 34.8 Å². The third-order valence-electron chi connectivity index (χ3n) is 5.03. The largest absolute Gasteiger partial charge is 0.423 e. The van der Waals surface area contributed by atoms with Crippen molar-refractivity contribution in [3.8, 4) is 11.5 Å². The Balaban J connectivity index is 1.56. The fourth-order valence-corrected chi connectivity index (χ4v) is 3.47. The molecular formula is C28H17Cl3N2O5. The Bertz CT molecular complexity index is 1500. The molecular weight excluding hydrogens is 551 g/mol. The van der Waals surface area contributed by atoms with Crippen molar-refractivity contribution < 1.29 is 23.9 Å². The molecule has 0 heterocycles. The molecule has 1 amide bonds. The van der Waals surface area contributed by atoms with Crippen molar-refractivity contribution >= 4 is 58.9 Å². The van der Waals surface area contributed by atoms with Crippen LogP contribution in [0.3, 0.4) is 0 Å². The first-order valence-electron chi connectivity index (χ1n) is 11.0. The third kappa shape index (κ3) is 7.20. The van der Waals surface area contributed by atoms with Gasteiger partial charge in [-0.25, -0.2) is 15.0 Å². The summed E-state index contributed by atoms with van der Waals surface area (Å²) < 4.78 is 11.0. The van der Waals surface area contributed by atoms with Gasteiger partial charge in [-0.2, -0.15) is 5.10 Å². The minimum Gasteiger partial charge on any atom is -0.423 e. The van der Waals surface area contributed by atoms with E-state index >= 15 is 0 Å². The number of rotatable bonds is 7. The summed E-state index contributed by atoms with van der Waals surface area (Å²) in [5.74, 6) is -1.62. The van der Waals surface area contributed by atoms with Crippen molar-refractivity contribution in [2.24, 2.45) is 5.10 Å². The van der Waals surface area contributed by atoms with Gasteiger partial charge in [-0.3, -0.25) is 4.79 Å². The summed E-state index contributed by atoms with van der Waals surface area (Å²) in [7, 11) is 0. The van der Waals surface area contributed by atoms with Crippen molar-refractivity contribution in [2.45, 2.75) is 0 Å². The zero-order valence-electron chi connectivity index (χ0n) is 19.4. The van der Waals surface area contributed by atoms with Crippen molar-refractivity contribution in [1.82, 2.24) is 5.43 Å². The SMILES string of the molecule is O=C(NN=Cc1ccc(OC(=O)c2ccc(Cl)cc2)cc1OC(=O)c1ccc(Cl)cc1)c1ccc(Cl)cc1. The predicted molar refractivity (Wildman–Crippen MR) is 146 cm³/mol. The molecule has 4 aromatic carbocycles. The molecule has 7 nitrogen and oxygen atoms in total. The number of nitrogens with zero attached hydrogens (tertiary/aromatic N) is 1. The number of hydrogen-bond donors (Lipinski definition) is 1. The summed E-state index contributed by atoms with van der Waals surface area (Å²) in [4.78, 5) is 37.6. The number of hydrogen-bond acceptors (Lipinski definition) is 6. The second kappa shape index (κ2) is 12.4. The van der Waals surface area contributed by atoms with Gasteiger partial charge in [-0.05, 0) is 84.9 Å². The van der Waals surface area contributed by atoms with E-state index in [1.807, 2.05) is 0 Å². The first kappa shape index (κ1) is 26.9. The number of nitrogens with one attached hydrogen (secondary N) is 1. The number of benzene rings is 4. The van der Waals surface area contributed by atoms with E-state index in [4.69, 9.17) is 44.3 Å². The van der Waals surface area contributed by atoms with Gasteiger partial charge in [0.05, 0.1) is 17.3 Å². The van der Waals surface area contributed by atoms with Gasteiger partial charge in [0, 0.05) is 32.3 Å². The molecule has 0 aliphatic heterocycles. The number of amides is 1. The molecule has 4 aromatic rings. The van der Waals surface area contributed by atoms with Gasteiger partial charge in [0.2, 0.25) is 0 Å². The topological polar surface area (TPSA) is 94.1 Å². The van der Waals surface area contributed by atoms with Crippen LogP contribution in [0.2, 0.25) is 15.1 Å². The zero-order chi connectivity index (χ0) is 27.1. The lowest BCUT2D eigenvalue weighted by Crippen LogP contribution is -2.17. The maximum absolute atomic E-state index is 12.7. The Morgan fingerprint density at radius 1 is 0.632 bits per heavy atom. The first-order valence-corrected chi connectivity index (χ1v) is 12.1. The highest BCUT2D eigenvalue weighted by Gasteiger charge is 2.15. The van der Waals surface area contributed by atoms with Crippen LogP contribution < -0.4 is 14.9 Å². The highest BCUT2D eigenvalue weighted by Crippen LogP contribution is 2.26. The zero-order valence-corrected chi connectivity index (χ0v) is 21.6. The molecule has 0 unspecified atom stereocenters. The predicted octanol–water partition coefficient (Wildman–Crippen LogP) is 6.85. The van der Waals surface area contributed by atoms with E-state index in [2.05, 4.69) is 10.5 Å². The van der Waals surface area contributed by atoms with Crippen LogP contribution in [-0.2, 0) is 0 Å². The maximum atomic E-state index is 12.7. The quantitative estimate of drug-likeness (QED) is 0.114. The summed E-state index contributed by atoms with van der Waals surface area (Å²) in [5.41, 5.74) is 3.60. The van der Waals surface area contributed by atoms with Crippen molar-refractivity contribution in [3.63, 3.8) is 0 Å². The first-order chi connectivity index (χ1) is 18.3. The lowest BCUT2D eigenvalue weighted by atomic mass is 10.2. The van der Waals surface area contributed by atoms with Crippen LogP contribution in [0, 0.1) is 0 Å². The average Bonchev–Trinajstić information content (AvgIpc) is 2.91. The molecule has 0 aliphatic carbocycles. The summed E-state index contributed by atoms with van der Waals surface area (Å²) in [6, 6.07) is 23.0. The summed E-state index contributed by atoms with van der Waals surface area (Å²) in [6.45, 7) is 0. The van der Waals surface area contributed by atoms with Crippen LogP contribution in [-0.4, -0.2) is 24.1 Å². The fraction of sp³-hybridized carbons (Fsp3) is 0. The molecule has 0 saturated heterocycles. The molecule has 1 N–H and O–H groups in total. The number of ether oxygens (including phenoxy) is 2. The van der Waals surface area contributed by atoms with Crippen LogP contribution in [0.4, 0.5) is 0 Å². The second-order valence-corrected chi connectivity index (χ2v) is 9.01. The average molecular weight is 568 g/mol. The summed E-state index contributed by atoms with van der Waals surface area (Å²) >= 11 is 17.6. The van der Waals surface area contributed by atoms with E-state index in [0.717, 1.165) is 0 Å². The molecule has 10 heteroatoms. The minimum absolute atomic E-state index is 0.0378. The number of halogens is 3. The molecule has 0 radical (unpaired) electrons. The summed E-state index contributed by atoms with van der Waals surface area (Å²) in [6.07, 6.45) is 1.29. The van der Waals surface area contributed by atoms with E-state index < -0.39 is 17.8 Å². The monoisotopic (exact) mass is 566 g/mol. The van der Waals surface area contributed by atoms with Crippen molar-refractivity contribution in [2.75, 3.05) is 0 Å². The Kier molecular flexibility index (Phi) is 8.76. The van der Waals surface area contributed by atoms with E-state index in [0.29, 0.717) is 26.2 Å². The molecule has 0 bridgehead atoms. The molecule has 0 aromatic heterocycles. The van der Waals surface area contributed by atoms with Crippen LogP contribution in [0.25, 0.3) is 0 Å². The Morgan fingerprint density at radius 3 is 1.63 bits per heavy atom. The third-order valence-corrected chi connectivity index (χ3v) is 5.79. The molecule has 0 saturated carbocycles. The molecule has 4 rings (SSSR count). The fourth-order valence-electron chi connectivity index (χ4n) is 3.10. The maximum Gasteiger partial charge on any atom is 0.343 e. The van der Waals surface area contributed by atoms with Gasteiger partial charge < -0.3 is 9.47 Å². The Hall–Kier alpha value is -4.17. The summed E-state index contributed by atoms with van der Waals surface area (Å²) in [5, 5.41) is 5.38. The van der Waals surface area contributed by atoms with Crippen molar-refractivity contribution in [3.05, 3.63) is 128 Å². The Morgan fingerprint density at radius 2 is 1.11 bits per heavy atom. The van der Waals surface area contributed by atoms with E-state index in [9.17, 15) is 14.4 Å². The Labute approximate surface area is 232 Å². The smallest absolute Gasteiger partial charge is 0.343 e. The van der Waals surface area contributed by atoms with Gasteiger partial charge in [0.1, 0.15) is 11.5 Å². The van der Waals surface area contributed by atoms with E-state index in [1.165, 1.54) is 48.7 Å². The minimum atomic E-state index is -0.678. The van der Waals surface area contributed by atoms with Crippen LogP contribution in [0.1, 0.15) is 36.6 Å².